The third-order valence-corrected chi connectivity index (χ3v) is 3.43. The van der Waals surface area contributed by atoms with Crippen LogP contribution in [-0.4, -0.2) is 27.7 Å². The highest BCUT2D eigenvalue weighted by Gasteiger charge is 2.03. The Morgan fingerprint density at radius 3 is 2.82 bits per heavy atom. The number of nitrogens with one attached hydrogen (secondary N) is 1. The van der Waals surface area contributed by atoms with Gasteiger partial charge in [-0.3, -0.25) is 0 Å². The van der Waals surface area contributed by atoms with E-state index < -0.39 is 0 Å². The van der Waals surface area contributed by atoms with Gasteiger partial charge in [0, 0.05) is 11.9 Å². The predicted molar refractivity (Wildman–Crippen MR) is 86.3 cm³/mol. The number of hydrogen-bond donors (Lipinski definition) is 2. The van der Waals surface area contributed by atoms with Crippen molar-refractivity contribution >= 4 is 11.3 Å². The van der Waals surface area contributed by atoms with E-state index in [0.717, 1.165) is 22.8 Å². The zero-order valence-electron chi connectivity index (χ0n) is 12.5. The smallest absolute Gasteiger partial charge is 0.137 e. The lowest BCUT2D eigenvalue weighted by atomic mass is 10.3. The number of aliphatic hydroxyl groups is 1. The molecule has 0 saturated carbocycles. The van der Waals surface area contributed by atoms with Crippen molar-refractivity contribution in [2.45, 2.75) is 13.5 Å². The highest BCUT2D eigenvalue weighted by molar-refractivity contribution is 5.48. The maximum absolute atomic E-state index is 8.73. The van der Waals surface area contributed by atoms with Crippen molar-refractivity contribution in [2.24, 2.45) is 0 Å². The number of ether oxygens (including phenoxy) is 1. The van der Waals surface area contributed by atoms with Crippen molar-refractivity contribution in [1.29, 1.82) is 0 Å². The van der Waals surface area contributed by atoms with E-state index in [2.05, 4.69) is 33.8 Å². The number of imidazole rings is 1. The topological polar surface area (TPSA) is 58.8 Å². The monoisotopic (exact) mass is 297 g/mol. The summed E-state index contributed by atoms with van der Waals surface area (Å²) < 4.78 is 7.42. The van der Waals surface area contributed by atoms with Gasteiger partial charge in [-0.05, 0) is 48.9 Å². The third-order valence-electron chi connectivity index (χ3n) is 3.43. The lowest BCUT2D eigenvalue weighted by molar-refractivity contribution is 0.201. The first kappa shape index (κ1) is 14.4. The molecule has 0 unspecified atom stereocenters. The van der Waals surface area contributed by atoms with Crippen molar-refractivity contribution in [2.75, 3.05) is 18.5 Å². The molecule has 3 rings (SSSR count). The molecule has 0 amide bonds. The van der Waals surface area contributed by atoms with Crippen LogP contribution in [0, 0.1) is 6.92 Å². The van der Waals surface area contributed by atoms with E-state index >= 15 is 0 Å². The Morgan fingerprint density at radius 1 is 1.23 bits per heavy atom. The summed E-state index contributed by atoms with van der Waals surface area (Å²) in [6.45, 7) is 3.09. The Morgan fingerprint density at radius 2 is 2.05 bits per heavy atom. The van der Waals surface area contributed by atoms with E-state index in [1.807, 2.05) is 36.7 Å². The molecule has 0 saturated heterocycles. The van der Waals surface area contributed by atoms with Crippen LogP contribution in [0.1, 0.15) is 11.3 Å². The highest BCUT2D eigenvalue weighted by atomic mass is 16.5. The van der Waals surface area contributed by atoms with E-state index in [1.165, 1.54) is 5.56 Å². The van der Waals surface area contributed by atoms with Crippen molar-refractivity contribution in [3.63, 3.8) is 0 Å². The maximum Gasteiger partial charge on any atom is 0.137 e. The first-order valence-electron chi connectivity index (χ1n) is 7.26. The molecule has 0 atom stereocenters. The van der Waals surface area contributed by atoms with Gasteiger partial charge in [-0.2, -0.15) is 0 Å². The van der Waals surface area contributed by atoms with Crippen molar-refractivity contribution in [1.82, 2.24) is 9.38 Å². The summed E-state index contributed by atoms with van der Waals surface area (Å²) in [6, 6.07) is 11.8. The van der Waals surface area contributed by atoms with Crippen LogP contribution >= 0.6 is 0 Å². The number of aromatic nitrogens is 2. The SMILES string of the molecule is Cc1ccn2c(CNc3ccc(OCCO)cc3)cnc2c1. The van der Waals surface area contributed by atoms with Crippen LogP contribution in [0.3, 0.4) is 0 Å². The zero-order valence-corrected chi connectivity index (χ0v) is 12.5. The highest BCUT2D eigenvalue weighted by Crippen LogP contribution is 2.17. The molecule has 0 spiro atoms. The van der Waals surface area contributed by atoms with Crippen LogP contribution < -0.4 is 10.1 Å². The summed E-state index contributed by atoms with van der Waals surface area (Å²) in [6.07, 6.45) is 3.93. The predicted octanol–water partition coefficient (Wildman–Crippen LogP) is 2.63. The molecule has 1 aromatic carbocycles. The van der Waals surface area contributed by atoms with Crippen LogP contribution in [0.4, 0.5) is 5.69 Å². The summed E-state index contributed by atoms with van der Waals surface area (Å²) in [4.78, 5) is 4.42. The Labute approximate surface area is 129 Å². The Balaban J connectivity index is 1.66. The second-order valence-electron chi connectivity index (χ2n) is 5.13. The fourth-order valence-electron chi connectivity index (χ4n) is 2.29. The van der Waals surface area contributed by atoms with Crippen molar-refractivity contribution < 1.29 is 9.84 Å². The van der Waals surface area contributed by atoms with Gasteiger partial charge in [-0.25, -0.2) is 4.98 Å². The average molecular weight is 297 g/mol. The molecule has 2 heterocycles. The van der Waals surface area contributed by atoms with Gasteiger partial charge in [-0.1, -0.05) is 0 Å². The van der Waals surface area contributed by atoms with Crippen molar-refractivity contribution in [3.8, 4) is 5.75 Å². The molecule has 0 aliphatic carbocycles. The number of anilines is 1. The van der Waals surface area contributed by atoms with E-state index in [1.54, 1.807) is 0 Å². The standard InChI is InChI=1S/C17H19N3O2/c1-13-6-7-20-15(12-19-17(20)10-13)11-18-14-2-4-16(5-3-14)22-9-8-21/h2-7,10,12,18,21H,8-9,11H2,1H3. The largest absolute Gasteiger partial charge is 0.491 e. The number of nitrogens with zero attached hydrogens (tertiary/aromatic N) is 2. The molecular weight excluding hydrogens is 278 g/mol. The van der Waals surface area contributed by atoms with E-state index in [0.29, 0.717) is 13.2 Å². The molecular formula is C17H19N3O2. The fraction of sp³-hybridized carbons (Fsp3) is 0.235. The van der Waals surface area contributed by atoms with Crippen LogP contribution in [-0.2, 0) is 6.54 Å². The van der Waals surface area contributed by atoms with Crippen LogP contribution in [0.2, 0.25) is 0 Å². The van der Waals surface area contributed by atoms with Crippen molar-refractivity contribution in [3.05, 3.63) is 60.0 Å². The van der Waals surface area contributed by atoms with Gasteiger partial charge >= 0.3 is 0 Å². The Bertz CT molecular complexity index is 750. The van der Waals surface area contributed by atoms with Gasteiger partial charge in [0.1, 0.15) is 18.0 Å². The first-order valence-corrected chi connectivity index (χ1v) is 7.26. The molecule has 2 aromatic heterocycles. The number of rotatable bonds is 6. The molecule has 2 N–H and O–H groups in total. The molecule has 0 radical (unpaired) electrons. The number of aryl methyl sites for hydroxylation is 1. The normalized spacial score (nSPS) is 10.8. The molecule has 3 aromatic rings. The summed E-state index contributed by atoms with van der Waals surface area (Å²) in [5.74, 6) is 0.755. The third kappa shape index (κ3) is 3.20. The number of hydrogen-bond acceptors (Lipinski definition) is 4. The van der Waals surface area contributed by atoms with E-state index in [9.17, 15) is 0 Å². The zero-order chi connectivity index (χ0) is 15.4. The average Bonchev–Trinajstić information content (AvgIpc) is 2.94. The number of aliphatic hydroxyl groups excluding tert-OH is 1. The second-order valence-corrected chi connectivity index (χ2v) is 5.13. The molecule has 0 aliphatic heterocycles. The lowest BCUT2D eigenvalue weighted by Crippen LogP contribution is -2.03. The van der Waals surface area contributed by atoms with Crippen LogP contribution in [0.15, 0.2) is 48.8 Å². The quantitative estimate of drug-likeness (QED) is 0.734. The summed E-state index contributed by atoms with van der Waals surface area (Å²) in [5.41, 5.74) is 4.29. The second kappa shape index (κ2) is 6.49. The Hall–Kier alpha value is -2.53. The molecule has 0 fully saturated rings. The summed E-state index contributed by atoms with van der Waals surface area (Å²) in [5, 5.41) is 12.1. The van der Waals surface area contributed by atoms with Crippen LogP contribution in [0.5, 0.6) is 5.75 Å². The first-order chi connectivity index (χ1) is 10.8. The summed E-state index contributed by atoms with van der Waals surface area (Å²) in [7, 11) is 0. The van der Waals surface area contributed by atoms with Gasteiger partial charge in [-0.15, -0.1) is 0 Å². The van der Waals surface area contributed by atoms with E-state index in [4.69, 9.17) is 9.84 Å². The maximum atomic E-state index is 8.73. The van der Waals surface area contributed by atoms with Gasteiger partial charge in [0.25, 0.3) is 0 Å². The van der Waals surface area contributed by atoms with Gasteiger partial charge in [0.2, 0.25) is 0 Å². The molecule has 0 bridgehead atoms. The fourth-order valence-corrected chi connectivity index (χ4v) is 2.29. The Kier molecular flexibility index (Phi) is 4.25. The number of fused-ring (bicyclic) bond motifs is 1. The molecule has 22 heavy (non-hydrogen) atoms. The summed E-state index contributed by atoms with van der Waals surface area (Å²) >= 11 is 0. The molecule has 5 heteroatoms. The van der Waals surface area contributed by atoms with E-state index in [-0.39, 0.29) is 6.61 Å². The number of pyridine rings is 1. The van der Waals surface area contributed by atoms with Crippen LogP contribution in [0.25, 0.3) is 5.65 Å². The van der Waals surface area contributed by atoms with Gasteiger partial charge in [0.05, 0.1) is 25.0 Å². The molecule has 0 aliphatic rings. The minimum absolute atomic E-state index is 0.0216. The minimum Gasteiger partial charge on any atom is -0.491 e. The minimum atomic E-state index is 0.0216. The van der Waals surface area contributed by atoms with Gasteiger partial charge in [0.15, 0.2) is 0 Å². The van der Waals surface area contributed by atoms with Gasteiger partial charge < -0.3 is 19.6 Å². The lowest BCUT2D eigenvalue weighted by Gasteiger charge is -2.08. The molecule has 5 nitrogen and oxygen atoms in total. The molecule has 114 valence electrons. The number of benzene rings is 1.